The molecular weight excluding hydrogens is 252 g/mol. The Morgan fingerprint density at radius 3 is 2.60 bits per heavy atom. The second-order valence-corrected chi connectivity index (χ2v) is 5.32. The lowest BCUT2D eigenvalue weighted by Gasteiger charge is -2.38. The Bertz CT molecular complexity index is 366. The molecule has 2 atom stereocenters. The molecule has 1 aliphatic rings. The molecule has 2 N–H and O–H groups in total. The number of rotatable bonds is 7. The van der Waals surface area contributed by atoms with E-state index in [1.807, 2.05) is 0 Å². The van der Waals surface area contributed by atoms with E-state index in [2.05, 4.69) is 47.5 Å². The van der Waals surface area contributed by atoms with Crippen LogP contribution in [-0.4, -0.2) is 55.5 Å². The third-order valence-electron chi connectivity index (χ3n) is 3.85. The molecule has 1 aliphatic heterocycles. The minimum Gasteiger partial charge on any atom is -0.396 e. The van der Waals surface area contributed by atoms with Crippen molar-refractivity contribution >= 4 is 0 Å². The van der Waals surface area contributed by atoms with E-state index in [1.54, 1.807) is 0 Å². The first-order valence-electron chi connectivity index (χ1n) is 7.54. The SMILES string of the molecule is CC(NCCCO)C(c1ccccc1)N1CCOCC1. The summed E-state index contributed by atoms with van der Waals surface area (Å²) in [5.74, 6) is 0. The molecule has 112 valence electrons. The van der Waals surface area contributed by atoms with Crippen molar-refractivity contribution in [1.82, 2.24) is 10.2 Å². The number of morpholine rings is 1. The molecule has 20 heavy (non-hydrogen) atoms. The van der Waals surface area contributed by atoms with Crippen LogP contribution in [0.2, 0.25) is 0 Å². The van der Waals surface area contributed by atoms with E-state index in [4.69, 9.17) is 9.84 Å². The van der Waals surface area contributed by atoms with E-state index in [0.29, 0.717) is 12.1 Å². The second kappa shape index (κ2) is 8.37. The van der Waals surface area contributed by atoms with Crippen molar-refractivity contribution in [3.8, 4) is 0 Å². The van der Waals surface area contributed by atoms with E-state index < -0.39 is 0 Å². The summed E-state index contributed by atoms with van der Waals surface area (Å²) in [5.41, 5.74) is 1.35. The molecule has 1 saturated heterocycles. The van der Waals surface area contributed by atoms with Crippen molar-refractivity contribution in [2.24, 2.45) is 0 Å². The summed E-state index contributed by atoms with van der Waals surface area (Å²) in [7, 11) is 0. The minimum absolute atomic E-state index is 0.243. The molecule has 4 heteroatoms. The highest BCUT2D eigenvalue weighted by atomic mass is 16.5. The van der Waals surface area contributed by atoms with Crippen LogP contribution in [0, 0.1) is 0 Å². The fraction of sp³-hybridized carbons (Fsp3) is 0.625. The molecular formula is C16H26N2O2. The average Bonchev–Trinajstić information content (AvgIpc) is 2.50. The Morgan fingerprint density at radius 1 is 1.25 bits per heavy atom. The van der Waals surface area contributed by atoms with E-state index in [9.17, 15) is 0 Å². The van der Waals surface area contributed by atoms with Gasteiger partial charge in [-0.2, -0.15) is 0 Å². The number of nitrogens with zero attached hydrogens (tertiary/aromatic N) is 1. The lowest BCUT2D eigenvalue weighted by atomic mass is 9.98. The highest BCUT2D eigenvalue weighted by Gasteiger charge is 2.27. The Kier molecular flexibility index (Phi) is 6.47. The van der Waals surface area contributed by atoms with Crippen molar-refractivity contribution in [2.75, 3.05) is 39.5 Å². The highest BCUT2D eigenvalue weighted by Crippen LogP contribution is 2.25. The molecule has 4 nitrogen and oxygen atoms in total. The van der Waals surface area contributed by atoms with Crippen molar-refractivity contribution in [3.63, 3.8) is 0 Å². The van der Waals surface area contributed by atoms with Crippen LogP contribution in [0.4, 0.5) is 0 Å². The summed E-state index contributed by atoms with van der Waals surface area (Å²) in [4.78, 5) is 2.50. The molecule has 2 unspecified atom stereocenters. The summed E-state index contributed by atoms with van der Waals surface area (Å²) in [6.45, 7) is 6.90. The lowest BCUT2D eigenvalue weighted by molar-refractivity contribution is 0.00863. The van der Waals surface area contributed by atoms with Crippen LogP contribution in [0.1, 0.15) is 24.9 Å². The van der Waals surface area contributed by atoms with Crippen LogP contribution < -0.4 is 5.32 Å². The maximum atomic E-state index is 8.92. The maximum Gasteiger partial charge on any atom is 0.0594 e. The van der Waals surface area contributed by atoms with Gasteiger partial charge in [-0.25, -0.2) is 0 Å². The van der Waals surface area contributed by atoms with Gasteiger partial charge in [0.1, 0.15) is 0 Å². The molecule has 0 aliphatic carbocycles. The van der Waals surface area contributed by atoms with Gasteiger partial charge in [0.2, 0.25) is 0 Å². The quantitative estimate of drug-likeness (QED) is 0.741. The highest BCUT2D eigenvalue weighted by molar-refractivity contribution is 5.20. The molecule has 0 spiro atoms. The lowest BCUT2D eigenvalue weighted by Crippen LogP contribution is -2.47. The third-order valence-corrected chi connectivity index (χ3v) is 3.85. The molecule has 0 amide bonds. The number of ether oxygens (including phenoxy) is 1. The fourth-order valence-corrected chi connectivity index (χ4v) is 2.84. The number of benzene rings is 1. The van der Waals surface area contributed by atoms with Gasteiger partial charge < -0.3 is 15.2 Å². The van der Waals surface area contributed by atoms with Gasteiger partial charge in [0.25, 0.3) is 0 Å². The largest absolute Gasteiger partial charge is 0.396 e. The van der Waals surface area contributed by atoms with E-state index in [-0.39, 0.29) is 6.61 Å². The van der Waals surface area contributed by atoms with Gasteiger partial charge in [-0.3, -0.25) is 4.90 Å². The van der Waals surface area contributed by atoms with Gasteiger partial charge in [-0.1, -0.05) is 30.3 Å². The topological polar surface area (TPSA) is 44.7 Å². The first-order chi connectivity index (χ1) is 9.83. The number of hydrogen-bond acceptors (Lipinski definition) is 4. The summed E-state index contributed by atoms with van der Waals surface area (Å²) in [5, 5.41) is 12.5. The van der Waals surface area contributed by atoms with Crippen LogP contribution in [0.15, 0.2) is 30.3 Å². The zero-order chi connectivity index (χ0) is 14.2. The smallest absolute Gasteiger partial charge is 0.0594 e. The minimum atomic E-state index is 0.243. The number of aliphatic hydroxyl groups is 1. The number of aliphatic hydroxyl groups excluding tert-OH is 1. The van der Waals surface area contributed by atoms with E-state index in [0.717, 1.165) is 39.3 Å². The van der Waals surface area contributed by atoms with Crippen molar-refractivity contribution in [2.45, 2.75) is 25.4 Å². The summed E-state index contributed by atoms with van der Waals surface area (Å²) >= 11 is 0. The summed E-state index contributed by atoms with van der Waals surface area (Å²) < 4.78 is 5.47. The maximum absolute atomic E-state index is 8.92. The van der Waals surface area contributed by atoms with E-state index >= 15 is 0 Å². The Balaban J connectivity index is 2.06. The Labute approximate surface area is 121 Å². The monoisotopic (exact) mass is 278 g/mol. The zero-order valence-corrected chi connectivity index (χ0v) is 12.3. The van der Waals surface area contributed by atoms with Crippen molar-refractivity contribution in [3.05, 3.63) is 35.9 Å². The zero-order valence-electron chi connectivity index (χ0n) is 12.3. The van der Waals surface area contributed by atoms with Crippen molar-refractivity contribution < 1.29 is 9.84 Å². The Hall–Kier alpha value is -0.940. The molecule has 2 rings (SSSR count). The summed E-state index contributed by atoms with van der Waals surface area (Å²) in [6, 6.07) is 11.4. The first-order valence-corrected chi connectivity index (χ1v) is 7.54. The molecule has 1 fully saturated rings. The Morgan fingerprint density at radius 2 is 1.95 bits per heavy atom. The van der Waals surface area contributed by atoms with E-state index in [1.165, 1.54) is 5.56 Å². The standard InChI is InChI=1S/C16H26N2O2/c1-14(17-8-5-11-19)16(15-6-3-2-4-7-15)18-9-12-20-13-10-18/h2-4,6-7,14,16-17,19H,5,8-13H2,1H3. The molecule has 0 radical (unpaired) electrons. The molecule has 1 aromatic carbocycles. The van der Waals surface area contributed by atoms with Crippen LogP contribution in [0.3, 0.4) is 0 Å². The van der Waals surface area contributed by atoms with Crippen molar-refractivity contribution in [1.29, 1.82) is 0 Å². The summed E-state index contributed by atoms with van der Waals surface area (Å²) in [6.07, 6.45) is 0.801. The first kappa shape index (κ1) is 15.4. The number of hydrogen-bond donors (Lipinski definition) is 2. The molecule has 0 bridgehead atoms. The molecule has 1 heterocycles. The molecule has 1 aromatic rings. The van der Waals surface area contributed by atoms with Crippen LogP contribution in [0.5, 0.6) is 0 Å². The predicted molar refractivity (Wildman–Crippen MR) is 80.7 cm³/mol. The van der Waals surface area contributed by atoms with Crippen LogP contribution >= 0.6 is 0 Å². The molecule has 0 saturated carbocycles. The average molecular weight is 278 g/mol. The third kappa shape index (κ3) is 4.28. The van der Waals surface area contributed by atoms with Gasteiger partial charge in [0, 0.05) is 25.7 Å². The predicted octanol–water partition coefficient (Wildman–Crippen LogP) is 1.42. The van der Waals surface area contributed by atoms with Crippen LogP contribution in [0.25, 0.3) is 0 Å². The normalized spacial score (nSPS) is 19.7. The van der Waals surface area contributed by atoms with Gasteiger partial charge in [-0.05, 0) is 25.5 Å². The number of nitrogens with one attached hydrogen (secondary N) is 1. The van der Waals surface area contributed by atoms with Crippen LogP contribution in [-0.2, 0) is 4.74 Å². The second-order valence-electron chi connectivity index (χ2n) is 5.32. The van der Waals surface area contributed by atoms with Gasteiger partial charge in [-0.15, -0.1) is 0 Å². The molecule has 0 aromatic heterocycles. The van der Waals surface area contributed by atoms with Gasteiger partial charge in [0.05, 0.1) is 19.3 Å². The van der Waals surface area contributed by atoms with Gasteiger partial charge in [0.15, 0.2) is 0 Å². The van der Waals surface area contributed by atoms with Gasteiger partial charge >= 0.3 is 0 Å². The fourth-order valence-electron chi connectivity index (χ4n) is 2.84.